The largest absolute Gasteiger partial charge is 0.709 e. The van der Waals surface area contributed by atoms with Crippen LogP contribution in [0.1, 0.15) is 19.8 Å². The molecule has 12 nitrogen and oxygen atoms in total. The van der Waals surface area contributed by atoms with Gasteiger partial charge in [-0.2, -0.15) is 0 Å². The molecule has 0 aliphatic carbocycles. The molecule has 0 rings (SSSR count). The first-order valence-electron chi connectivity index (χ1n) is 4.76. The Balaban J connectivity index is 5.75. The van der Waals surface area contributed by atoms with Crippen molar-refractivity contribution in [1.29, 1.82) is 0 Å². The van der Waals surface area contributed by atoms with Crippen molar-refractivity contribution in [2.24, 2.45) is 5.92 Å². The molecule has 0 radical (unpaired) electrons. The van der Waals surface area contributed by atoms with Crippen molar-refractivity contribution in [3.8, 4) is 0 Å². The van der Waals surface area contributed by atoms with Crippen LogP contribution in [-0.2, 0) is 0 Å². The summed E-state index contributed by atoms with van der Waals surface area (Å²) in [4.78, 5) is 36.4. The molecular formula is C6H10N4O8. The van der Waals surface area contributed by atoms with E-state index >= 15 is 0 Å². The summed E-state index contributed by atoms with van der Waals surface area (Å²) in [7, 11) is 0. The minimum Gasteiger partial charge on any atom is -0.265 e. The topological polar surface area (TPSA) is 173 Å². The molecule has 0 saturated carbocycles. The normalized spacial score (nSPS) is 12.7. The smallest absolute Gasteiger partial charge is 0.265 e. The van der Waals surface area contributed by atoms with Crippen LogP contribution in [0.4, 0.5) is 0 Å². The fraction of sp³-hybridized carbons (Fsp3) is 1.00. The second-order valence-corrected chi connectivity index (χ2v) is 3.46. The number of hydrogen-bond donors (Lipinski definition) is 0. The highest BCUT2D eigenvalue weighted by Gasteiger charge is 2.77. The van der Waals surface area contributed by atoms with E-state index < -0.39 is 37.9 Å². The van der Waals surface area contributed by atoms with Crippen molar-refractivity contribution in [3.05, 3.63) is 40.5 Å². The van der Waals surface area contributed by atoms with E-state index in [1.54, 1.807) is 0 Å². The quantitative estimate of drug-likeness (QED) is 0.339. The van der Waals surface area contributed by atoms with Gasteiger partial charge in [-0.25, -0.2) is 0 Å². The molecule has 0 bridgehead atoms. The van der Waals surface area contributed by atoms with Gasteiger partial charge in [0.25, 0.3) is 0 Å². The summed E-state index contributed by atoms with van der Waals surface area (Å²) < 4.78 is 0. The highest BCUT2D eigenvalue weighted by Crippen LogP contribution is 2.27. The van der Waals surface area contributed by atoms with E-state index in [1.807, 2.05) is 0 Å². The van der Waals surface area contributed by atoms with Crippen molar-refractivity contribution >= 4 is 0 Å². The first-order chi connectivity index (χ1) is 8.21. The van der Waals surface area contributed by atoms with E-state index in [0.717, 1.165) is 0 Å². The summed E-state index contributed by atoms with van der Waals surface area (Å²) in [5, 5.41) is 42.4. The Morgan fingerprint density at radius 2 is 1.33 bits per heavy atom. The lowest BCUT2D eigenvalue weighted by atomic mass is 9.96. The van der Waals surface area contributed by atoms with Crippen LogP contribution < -0.4 is 0 Å². The average molecular weight is 266 g/mol. The zero-order valence-electron chi connectivity index (χ0n) is 9.25. The average Bonchev–Trinajstić information content (AvgIpc) is 2.15. The van der Waals surface area contributed by atoms with Crippen LogP contribution in [0, 0.1) is 46.4 Å². The third-order valence-electron chi connectivity index (χ3n) is 2.36. The number of nitro groups is 4. The summed E-state index contributed by atoms with van der Waals surface area (Å²) in [6.07, 6.45) is -0.264. The Hall–Kier alpha value is -2.40. The first-order valence-corrected chi connectivity index (χ1v) is 4.76. The summed E-state index contributed by atoms with van der Waals surface area (Å²) in [6, 6.07) is 0. The van der Waals surface area contributed by atoms with Crippen LogP contribution in [0.2, 0.25) is 0 Å². The van der Waals surface area contributed by atoms with E-state index in [9.17, 15) is 40.5 Å². The second-order valence-electron chi connectivity index (χ2n) is 3.46. The van der Waals surface area contributed by atoms with E-state index in [0.29, 0.717) is 0 Å². The van der Waals surface area contributed by atoms with Crippen LogP contribution in [0.15, 0.2) is 0 Å². The van der Waals surface area contributed by atoms with Gasteiger partial charge in [-0.1, -0.05) is 13.3 Å². The molecule has 0 N–H and O–H groups in total. The molecule has 0 saturated heterocycles. The van der Waals surface area contributed by atoms with Crippen molar-refractivity contribution < 1.29 is 19.7 Å². The van der Waals surface area contributed by atoms with E-state index in [2.05, 4.69) is 0 Å². The van der Waals surface area contributed by atoms with Crippen LogP contribution >= 0.6 is 0 Å². The van der Waals surface area contributed by atoms with Crippen molar-refractivity contribution in [2.75, 3.05) is 6.54 Å². The Labute approximate surface area is 99.2 Å². The zero-order valence-corrected chi connectivity index (χ0v) is 9.25. The lowest BCUT2D eigenvalue weighted by molar-refractivity contribution is -0.980. The van der Waals surface area contributed by atoms with Crippen LogP contribution in [0.25, 0.3) is 0 Å². The van der Waals surface area contributed by atoms with Gasteiger partial charge in [0.15, 0.2) is 14.8 Å². The second kappa shape index (κ2) is 5.79. The minimum absolute atomic E-state index is 0.107. The molecule has 102 valence electrons. The predicted molar refractivity (Wildman–Crippen MR) is 54.0 cm³/mol. The molecule has 1 atom stereocenters. The SMILES string of the molecule is CCCC(C[N+](=O)[O-])C([N+](=O)[O-])([N+](=O)[O-])[N+](=O)[O-]. The summed E-state index contributed by atoms with van der Waals surface area (Å²) in [6.45, 7) is 0.244. The molecule has 12 heteroatoms. The lowest BCUT2D eigenvalue weighted by Gasteiger charge is -2.15. The van der Waals surface area contributed by atoms with Gasteiger partial charge in [-0.3, -0.25) is 40.5 Å². The van der Waals surface area contributed by atoms with Gasteiger partial charge in [0, 0.05) is 4.92 Å². The fourth-order valence-corrected chi connectivity index (χ4v) is 1.58. The third kappa shape index (κ3) is 2.64. The van der Waals surface area contributed by atoms with Gasteiger partial charge < -0.3 is 0 Å². The number of hydrogen-bond acceptors (Lipinski definition) is 8. The molecule has 0 heterocycles. The van der Waals surface area contributed by atoms with Gasteiger partial charge in [-0.05, 0) is 6.42 Å². The van der Waals surface area contributed by atoms with E-state index in [4.69, 9.17) is 0 Å². The molecule has 0 aliphatic heterocycles. The van der Waals surface area contributed by atoms with Gasteiger partial charge in [-0.15, -0.1) is 0 Å². The number of nitrogens with zero attached hydrogens (tertiary/aromatic N) is 4. The minimum atomic E-state index is -3.77. The Kier molecular flexibility index (Phi) is 5.02. The molecule has 18 heavy (non-hydrogen) atoms. The first kappa shape index (κ1) is 15.6. The molecular weight excluding hydrogens is 256 g/mol. The Bertz CT molecular complexity index is 346. The molecule has 1 unspecified atom stereocenters. The number of rotatable bonds is 8. The molecule has 0 aromatic rings. The maximum atomic E-state index is 10.7. The fourth-order valence-electron chi connectivity index (χ4n) is 1.58. The van der Waals surface area contributed by atoms with Crippen molar-refractivity contribution in [1.82, 2.24) is 0 Å². The highest BCUT2D eigenvalue weighted by atomic mass is 16.7. The lowest BCUT2D eigenvalue weighted by Crippen LogP contribution is -2.60. The van der Waals surface area contributed by atoms with Gasteiger partial charge >= 0.3 is 5.79 Å². The molecule has 0 amide bonds. The molecule has 0 aromatic carbocycles. The summed E-state index contributed by atoms with van der Waals surface area (Å²) in [5.41, 5.74) is 0. The standard InChI is InChI=1S/C6H10N4O8/c1-2-3-5(4-7(11)12)6(8(13)14,9(15)16)10(17)18/h5H,2-4H2,1H3. The molecule has 0 aliphatic rings. The summed E-state index contributed by atoms with van der Waals surface area (Å²) in [5.74, 6) is -5.69. The van der Waals surface area contributed by atoms with Gasteiger partial charge in [0.2, 0.25) is 12.5 Å². The Morgan fingerprint density at radius 1 is 0.944 bits per heavy atom. The molecule has 0 aromatic heterocycles. The van der Waals surface area contributed by atoms with Crippen LogP contribution in [0.3, 0.4) is 0 Å². The third-order valence-corrected chi connectivity index (χ3v) is 2.36. The van der Waals surface area contributed by atoms with E-state index in [-0.39, 0.29) is 12.8 Å². The monoisotopic (exact) mass is 266 g/mol. The van der Waals surface area contributed by atoms with Gasteiger partial charge in [0.05, 0.1) is 0 Å². The zero-order chi connectivity index (χ0) is 14.5. The Morgan fingerprint density at radius 3 is 1.56 bits per heavy atom. The highest BCUT2D eigenvalue weighted by molar-refractivity contribution is 4.68. The maximum Gasteiger partial charge on any atom is 0.709 e. The maximum absolute atomic E-state index is 10.7. The van der Waals surface area contributed by atoms with E-state index in [1.165, 1.54) is 6.92 Å². The summed E-state index contributed by atoms with van der Waals surface area (Å²) >= 11 is 0. The van der Waals surface area contributed by atoms with Crippen LogP contribution in [0.5, 0.6) is 0 Å². The van der Waals surface area contributed by atoms with Crippen LogP contribution in [-0.4, -0.2) is 32.0 Å². The van der Waals surface area contributed by atoms with Crippen molar-refractivity contribution in [3.63, 3.8) is 0 Å². The molecule has 0 fully saturated rings. The predicted octanol–water partition coefficient (Wildman–Crippen LogP) is 0.163. The molecule has 0 spiro atoms. The van der Waals surface area contributed by atoms with Gasteiger partial charge in [0.1, 0.15) is 0 Å². The van der Waals surface area contributed by atoms with Crippen molar-refractivity contribution in [2.45, 2.75) is 25.6 Å².